The molecular formula is C20H30N2O2. The van der Waals surface area contributed by atoms with Gasteiger partial charge in [0.05, 0.1) is 5.69 Å². The zero-order valence-electron chi connectivity index (χ0n) is 15.1. The molecule has 132 valence electrons. The van der Waals surface area contributed by atoms with E-state index in [0.717, 1.165) is 11.5 Å². The minimum atomic E-state index is -0.417. The Morgan fingerprint density at radius 3 is 2.12 bits per heavy atom. The molecule has 1 rings (SSSR count). The Morgan fingerprint density at radius 1 is 1.00 bits per heavy atom. The number of unbranched alkanes of at least 4 members (excludes halogenated alkanes) is 7. The standard InChI is InChI=1S/C20H30N2O2/c1-3-5-6-7-8-9-10-11-12-18-13-15-19(16-14-18)22(17-21)24-20(23)4-2/h13-16H,3-12H2,1-2H3. The highest BCUT2D eigenvalue weighted by atomic mass is 16.7. The molecule has 0 bridgehead atoms. The molecule has 0 spiro atoms. The summed E-state index contributed by atoms with van der Waals surface area (Å²) in [6, 6.07) is 7.65. The van der Waals surface area contributed by atoms with Crippen LogP contribution in [0.1, 0.15) is 77.2 Å². The zero-order valence-corrected chi connectivity index (χ0v) is 15.1. The van der Waals surface area contributed by atoms with Crippen LogP contribution in [0.2, 0.25) is 0 Å². The van der Waals surface area contributed by atoms with Gasteiger partial charge in [0.1, 0.15) is 0 Å². The highest BCUT2D eigenvalue weighted by Crippen LogP contribution is 2.17. The van der Waals surface area contributed by atoms with Gasteiger partial charge in [-0.3, -0.25) is 0 Å². The van der Waals surface area contributed by atoms with Crippen molar-refractivity contribution in [1.82, 2.24) is 0 Å². The summed E-state index contributed by atoms with van der Waals surface area (Å²) in [5, 5.41) is 10.0. The van der Waals surface area contributed by atoms with Crippen LogP contribution in [-0.2, 0) is 16.1 Å². The molecule has 0 unspecified atom stereocenters. The van der Waals surface area contributed by atoms with E-state index in [4.69, 9.17) is 10.1 Å². The number of carbonyl (C=O) groups excluding carboxylic acids is 1. The number of aryl methyl sites for hydroxylation is 1. The van der Waals surface area contributed by atoms with Crippen molar-refractivity contribution in [3.05, 3.63) is 29.8 Å². The van der Waals surface area contributed by atoms with Gasteiger partial charge in [0.15, 0.2) is 0 Å². The summed E-state index contributed by atoms with van der Waals surface area (Å²) in [6.45, 7) is 3.94. The first-order valence-electron chi connectivity index (χ1n) is 9.20. The predicted molar refractivity (Wildman–Crippen MR) is 97.2 cm³/mol. The number of hydrogen-bond donors (Lipinski definition) is 0. The Bertz CT molecular complexity index is 505. The highest BCUT2D eigenvalue weighted by molar-refractivity contribution is 5.71. The lowest BCUT2D eigenvalue weighted by atomic mass is 10.0. The molecular weight excluding hydrogens is 300 g/mol. The lowest BCUT2D eigenvalue weighted by Crippen LogP contribution is -2.21. The third-order valence-corrected chi connectivity index (χ3v) is 4.06. The van der Waals surface area contributed by atoms with Gasteiger partial charge in [0.2, 0.25) is 6.19 Å². The second-order valence-corrected chi connectivity index (χ2v) is 6.10. The van der Waals surface area contributed by atoms with Gasteiger partial charge in [-0.25, -0.2) is 4.79 Å². The molecule has 0 saturated carbocycles. The molecule has 1 aromatic carbocycles. The molecule has 0 amide bonds. The van der Waals surface area contributed by atoms with Crippen LogP contribution in [0.3, 0.4) is 0 Å². The zero-order chi connectivity index (χ0) is 17.6. The highest BCUT2D eigenvalue weighted by Gasteiger charge is 2.10. The van der Waals surface area contributed by atoms with E-state index in [2.05, 4.69) is 6.92 Å². The maximum atomic E-state index is 11.3. The number of rotatable bonds is 12. The number of carbonyl (C=O) groups is 1. The van der Waals surface area contributed by atoms with Crippen molar-refractivity contribution in [2.45, 2.75) is 78.1 Å². The summed E-state index contributed by atoms with van der Waals surface area (Å²) in [5.74, 6) is -0.417. The van der Waals surface area contributed by atoms with Crippen LogP contribution in [0, 0.1) is 11.5 Å². The normalized spacial score (nSPS) is 10.2. The van der Waals surface area contributed by atoms with E-state index in [1.54, 1.807) is 6.92 Å². The third kappa shape index (κ3) is 8.01. The molecule has 0 aromatic heterocycles. The Labute approximate surface area is 146 Å². The minimum absolute atomic E-state index is 0.245. The van der Waals surface area contributed by atoms with Gasteiger partial charge >= 0.3 is 5.97 Å². The van der Waals surface area contributed by atoms with Gasteiger partial charge in [0, 0.05) is 6.42 Å². The fraction of sp³-hybridized carbons (Fsp3) is 0.600. The number of hydroxylamine groups is 1. The molecule has 1 aromatic rings. The predicted octanol–water partition coefficient (Wildman–Crippen LogP) is 5.53. The number of nitrogens with zero attached hydrogens (tertiary/aromatic N) is 2. The minimum Gasteiger partial charge on any atom is -0.326 e. The van der Waals surface area contributed by atoms with Crippen molar-refractivity contribution in [2.24, 2.45) is 0 Å². The van der Waals surface area contributed by atoms with Gasteiger partial charge < -0.3 is 4.84 Å². The van der Waals surface area contributed by atoms with Gasteiger partial charge in [0.25, 0.3) is 0 Å². The van der Waals surface area contributed by atoms with Gasteiger partial charge in [-0.05, 0) is 30.5 Å². The molecule has 0 radical (unpaired) electrons. The van der Waals surface area contributed by atoms with Crippen LogP contribution in [0.25, 0.3) is 0 Å². The molecule has 0 heterocycles. The van der Waals surface area contributed by atoms with Gasteiger partial charge in [-0.1, -0.05) is 70.9 Å². The van der Waals surface area contributed by atoms with E-state index in [0.29, 0.717) is 5.69 Å². The molecule has 0 aliphatic carbocycles. The van der Waals surface area contributed by atoms with Gasteiger partial charge in [-0.2, -0.15) is 5.26 Å². The molecule has 0 saturated heterocycles. The van der Waals surface area contributed by atoms with Crippen molar-refractivity contribution in [2.75, 3.05) is 5.06 Å². The summed E-state index contributed by atoms with van der Waals surface area (Å²) in [5.41, 5.74) is 1.84. The first-order chi connectivity index (χ1) is 11.7. The van der Waals surface area contributed by atoms with Crippen LogP contribution < -0.4 is 5.06 Å². The molecule has 0 atom stereocenters. The second-order valence-electron chi connectivity index (χ2n) is 6.10. The molecule has 0 N–H and O–H groups in total. The lowest BCUT2D eigenvalue weighted by molar-refractivity contribution is -0.143. The van der Waals surface area contributed by atoms with Crippen molar-refractivity contribution >= 4 is 11.7 Å². The second kappa shape index (κ2) is 12.4. The maximum Gasteiger partial charge on any atom is 0.333 e. The topological polar surface area (TPSA) is 53.3 Å². The summed E-state index contributed by atoms with van der Waals surface area (Å²) in [6.07, 6.45) is 13.7. The van der Waals surface area contributed by atoms with E-state index in [1.807, 2.05) is 30.5 Å². The van der Waals surface area contributed by atoms with E-state index in [-0.39, 0.29) is 6.42 Å². The van der Waals surface area contributed by atoms with Crippen molar-refractivity contribution < 1.29 is 9.63 Å². The lowest BCUT2D eigenvalue weighted by Gasteiger charge is -2.14. The Kier molecular flexibility index (Phi) is 10.4. The maximum absolute atomic E-state index is 11.3. The van der Waals surface area contributed by atoms with Crippen LogP contribution >= 0.6 is 0 Å². The van der Waals surface area contributed by atoms with Crippen LogP contribution in [0.4, 0.5) is 5.69 Å². The number of anilines is 1. The van der Waals surface area contributed by atoms with Crippen molar-refractivity contribution in [1.29, 1.82) is 5.26 Å². The average molecular weight is 330 g/mol. The summed E-state index contributed by atoms with van der Waals surface area (Å²) in [7, 11) is 0. The Morgan fingerprint density at radius 2 is 1.58 bits per heavy atom. The third-order valence-electron chi connectivity index (χ3n) is 4.06. The van der Waals surface area contributed by atoms with E-state index < -0.39 is 5.97 Å². The summed E-state index contributed by atoms with van der Waals surface area (Å²) >= 11 is 0. The molecule has 4 heteroatoms. The monoisotopic (exact) mass is 330 g/mol. The first kappa shape index (κ1) is 20.0. The molecule has 0 aliphatic heterocycles. The van der Waals surface area contributed by atoms with Gasteiger partial charge in [-0.15, -0.1) is 5.06 Å². The van der Waals surface area contributed by atoms with E-state index in [9.17, 15) is 4.79 Å². The molecule has 0 aliphatic rings. The SMILES string of the molecule is CCCCCCCCCCc1ccc(N(C#N)OC(=O)CC)cc1. The first-order valence-corrected chi connectivity index (χ1v) is 9.20. The van der Waals surface area contributed by atoms with Crippen LogP contribution in [-0.4, -0.2) is 5.97 Å². The quantitative estimate of drug-likeness (QED) is 0.219. The van der Waals surface area contributed by atoms with Crippen molar-refractivity contribution in [3.63, 3.8) is 0 Å². The number of benzene rings is 1. The number of nitriles is 1. The fourth-order valence-electron chi connectivity index (χ4n) is 2.56. The van der Waals surface area contributed by atoms with Crippen LogP contribution in [0.15, 0.2) is 24.3 Å². The number of hydrogen-bond acceptors (Lipinski definition) is 4. The smallest absolute Gasteiger partial charge is 0.326 e. The molecule has 0 fully saturated rings. The summed E-state index contributed by atoms with van der Waals surface area (Å²) in [4.78, 5) is 16.3. The largest absolute Gasteiger partial charge is 0.333 e. The Balaban J connectivity index is 2.29. The molecule has 24 heavy (non-hydrogen) atoms. The fourth-order valence-corrected chi connectivity index (χ4v) is 2.56. The van der Waals surface area contributed by atoms with E-state index in [1.165, 1.54) is 56.9 Å². The van der Waals surface area contributed by atoms with Crippen LogP contribution in [0.5, 0.6) is 0 Å². The Hall–Kier alpha value is -2.02. The average Bonchev–Trinajstić information content (AvgIpc) is 2.62. The molecule has 4 nitrogen and oxygen atoms in total. The van der Waals surface area contributed by atoms with E-state index >= 15 is 0 Å². The van der Waals surface area contributed by atoms with Crippen molar-refractivity contribution in [3.8, 4) is 6.19 Å². The summed E-state index contributed by atoms with van der Waals surface area (Å²) < 4.78 is 0.